The molecule has 5 nitrogen and oxygen atoms in total. The molecule has 1 atom stereocenters. The van der Waals surface area contributed by atoms with Crippen LogP contribution in [-0.2, 0) is 9.59 Å². The number of carbonyl (C=O) groups excluding carboxylic acids is 2. The Hall–Kier alpha value is -1.59. The molecule has 0 aliphatic rings. The van der Waals surface area contributed by atoms with Crippen LogP contribution in [0.2, 0.25) is 0 Å². The maximum Gasteiger partial charge on any atom is 0.243 e. The van der Waals surface area contributed by atoms with Crippen molar-refractivity contribution in [3.63, 3.8) is 0 Å². The summed E-state index contributed by atoms with van der Waals surface area (Å²) < 4.78 is 0. The summed E-state index contributed by atoms with van der Waals surface area (Å²) in [4.78, 5) is 24.7. The largest absolute Gasteiger partial charge is 0.370 e. The van der Waals surface area contributed by atoms with E-state index in [9.17, 15) is 9.59 Å². The molecular formula is C14H22ClN3O2. The fraction of sp³-hybridized carbons (Fsp3) is 0.429. The van der Waals surface area contributed by atoms with Gasteiger partial charge < -0.3 is 16.4 Å². The predicted molar refractivity (Wildman–Crippen MR) is 82.7 cm³/mol. The fourth-order valence-corrected chi connectivity index (χ4v) is 1.83. The summed E-state index contributed by atoms with van der Waals surface area (Å²) in [7, 11) is 0. The summed E-state index contributed by atoms with van der Waals surface area (Å²) >= 11 is 0. The molecule has 20 heavy (non-hydrogen) atoms. The second-order valence-electron chi connectivity index (χ2n) is 4.44. The van der Waals surface area contributed by atoms with E-state index in [2.05, 4.69) is 0 Å². The number of anilines is 1. The standard InChI is InChI=1S/C14H21N3O2.ClH/c1-2-6-12(15)14(19)17(10-9-13(16)18)11-7-4-3-5-8-11;/h3-5,7-8,12H,2,6,9-10,15H2,1H3,(H2,16,18);1H. The van der Waals surface area contributed by atoms with E-state index in [1.54, 1.807) is 0 Å². The molecule has 1 aromatic carbocycles. The van der Waals surface area contributed by atoms with Gasteiger partial charge in [-0.05, 0) is 18.6 Å². The van der Waals surface area contributed by atoms with Crippen molar-refractivity contribution in [3.8, 4) is 0 Å². The Morgan fingerprint density at radius 3 is 2.35 bits per heavy atom. The van der Waals surface area contributed by atoms with Crippen LogP contribution in [0.25, 0.3) is 0 Å². The number of nitrogens with zero attached hydrogens (tertiary/aromatic N) is 1. The van der Waals surface area contributed by atoms with Crippen molar-refractivity contribution in [2.24, 2.45) is 11.5 Å². The van der Waals surface area contributed by atoms with Crippen molar-refractivity contribution in [3.05, 3.63) is 30.3 Å². The van der Waals surface area contributed by atoms with Gasteiger partial charge in [0.2, 0.25) is 11.8 Å². The van der Waals surface area contributed by atoms with Gasteiger partial charge in [-0.1, -0.05) is 31.5 Å². The van der Waals surface area contributed by atoms with Crippen molar-refractivity contribution in [1.29, 1.82) is 0 Å². The fourth-order valence-electron chi connectivity index (χ4n) is 1.83. The van der Waals surface area contributed by atoms with Crippen LogP contribution >= 0.6 is 12.4 Å². The van der Waals surface area contributed by atoms with Crippen LogP contribution in [0.5, 0.6) is 0 Å². The molecule has 0 heterocycles. The van der Waals surface area contributed by atoms with Gasteiger partial charge in [0.25, 0.3) is 0 Å². The summed E-state index contributed by atoms with van der Waals surface area (Å²) in [6.07, 6.45) is 1.59. The maximum absolute atomic E-state index is 12.3. The van der Waals surface area contributed by atoms with Gasteiger partial charge in [0, 0.05) is 18.7 Å². The molecule has 0 saturated heterocycles. The van der Waals surface area contributed by atoms with E-state index < -0.39 is 11.9 Å². The molecule has 4 N–H and O–H groups in total. The smallest absolute Gasteiger partial charge is 0.243 e. The third kappa shape index (κ3) is 5.59. The average Bonchev–Trinajstić information content (AvgIpc) is 2.40. The molecule has 0 fully saturated rings. The Bertz CT molecular complexity index is 426. The molecule has 112 valence electrons. The van der Waals surface area contributed by atoms with Crippen LogP contribution in [0.15, 0.2) is 30.3 Å². The van der Waals surface area contributed by atoms with Crippen LogP contribution in [0.1, 0.15) is 26.2 Å². The van der Waals surface area contributed by atoms with Gasteiger partial charge in [0.05, 0.1) is 6.04 Å². The van der Waals surface area contributed by atoms with Crippen molar-refractivity contribution < 1.29 is 9.59 Å². The Morgan fingerprint density at radius 2 is 1.85 bits per heavy atom. The summed E-state index contributed by atoms with van der Waals surface area (Å²) in [6, 6.07) is 8.63. The number of para-hydroxylation sites is 1. The summed E-state index contributed by atoms with van der Waals surface area (Å²) in [6.45, 7) is 2.24. The molecule has 2 amide bonds. The lowest BCUT2D eigenvalue weighted by Crippen LogP contribution is -2.45. The molecule has 1 rings (SSSR count). The van der Waals surface area contributed by atoms with E-state index >= 15 is 0 Å². The number of nitrogens with two attached hydrogens (primary N) is 2. The summed E-state index contributed by atoms with van der Waals surface area (Å²) in [5, 5.41) is 0. The number of halogens is 1. The second-order valence-corrected chi connectivity index (χ2v) is 4.44. The molecule has 0 radical (unpaired) electrons. The van der Waals surface area contributed by atoms with E-state index in [-0.39, 0.29) is 31.3 Å². The molecule has 0 bridgehead atoms. The summed E-state index contributed by atoms with van der Waals surface area (Å²) in [5.74, 6) is -0.605. The van der Waals surface area contributed by atoms with Crippen LogP contribution in [0, 0.1) is 0 Å². The minimum absolute atomic E-state index is 0. The number of hydrogen-bond donors (Lipinski definition) is 2. The van der Waals surface area contributed by atoms with Crippen molar-refractivity contribution in [1.82, 2.24) is 0 Å². The van der Waals surface area contributed by atoms with Crippen LogP contribution in [-0.4, -0.2) is 24.4 Å². The zero-order valence-corrected chi connectivity index (χ0v) is 12.4. The quantitative estimate of drug-likeness (QED) is 0.798. The third-order valence-electron chi connectivity index (χ3n) is 2.83. The van der Waals surface area contributed by atoms with Gasteiger partial charge in [-0.25, -0.2) is 0 Å². The Kier molecular flexibility index (Phi) is 8.59. The first kappa shape index (κ1) is 18.4. The molecule has 6 heteroatoms. The second kappa shape index (κ2) is 9.34. The van der Waals surface area contributed by atoms with Crippen molar-refractivity contribution in [2.45, 2.75) is 32.2 Å². The maximum atomic E-state index is 12.3. The number of primary amides is 1. The van der Waals surface area contributed by atoms with Crippen LogP contribution in [0.4, 0.5) is 5.69 Å². The molecule has 0 aliphatic heterocycles. The number of carbonyl (C=O) groups is 2. The highest BCUT2D eigenvalue weighted by molar-refractivity contribution is 5.97. The van der Waals surface area contributed by atoms with Gasteiger partial charge in [0.1, 0.15) is 0 Å². The van der Waals surface area contributed by atoms with Gasteiger partial charge in [-0.2, -0.15) is 0 Å². The number of benzene rings is 1. The third-order valence-corrected chi connectivity index (χ3v) is 2.83. The van der Waals surface area contributed by atoms with Gasteiger partial charge in [-0.15, -0.1) is 12.4 Å². The minimum atomic E-state index is -0.543. The lowest BCUT2D eigenvalue weighted by molar-refractivity contribution is -0.120. The normalized spacial score (nSPS) is 11.3. The average molecular weight is 300 g/mol. The summed E-state index contributed by atoms with van der Waals surface area (Å²) in [5.41, 5.74) is 11.7. The molecule has 1 unspecified atom stereocenters. The van der Waals surface area contributed by atoms with Crippen molar-refractivity contribution >= 4 is 29.9 Å². The van der Waals surface area contributed by atoms with Crippen molar-refractivity contribution in [2.75, 3.05) is 11.4 Å². The van der Waals surface area contributed by atoms with Gasteiger partial charge in [-0.3, -0.25) is 9.59 Å². The first-order valence-corrected chi connectivity index (χ1v) is 6.46. The van der Waals surface area contributed by atoms with E-state index in [1.807, 2.05) is 37.3 Å². The first-order valence-electron chi connectivity index (χ1n) is 6.46. The topological polar surface area (TPSA) is 89.4 Å². The first-order chi connectivity index (χ1) is 9.06. The number of rotatable bonds is 7. The highest BCUT2D eigenvalue weighted by Gasteiger charge is 2.21. The molecule has 1 aromatic rings. The zero-order valence-electron chi connectivity index (χ0n) is 11.6. The molecule has 0 aliphatic carbocycles. The molecule has 0 saturated carbocycles. The predicted octanol–water partition coefficient (Wildman–Crippen LogP) is 1.44. The van der Waals surface area contributed by atoms with E-state index in [0.29, 0.717) is 6.42 Å². The molecule has 0 aromatic heterocycles. The number of hydrogen-bond acceptors (Lipinski definition) is 3. The SMILES string of the molecule is CCCC(N)C(=O)N(CCC(N)=O)c1ccccc1.Cl. The minimum Gasteiger partial charge on any atom is -0.370 e. The van der Waals surface area contributed by atoms with E-state index in [0.717, 1.165) is 12.1 Å². The van der Waals surface area contributed by atoms with Crippen LogP contribution < -0.4 is 16.4 Å². The Morgan fingerprint density at radius 1 is 1.25 bits per heavy atom. The highest BCUT2D eigenvalue weighted by Crippen LogP contribution is 2.15. The van der Waals surface area contributed by atoms with E-state index in [1.165, 1.54) is 4.90 Å². The lowest BCUT2D eigenvalue weighted by atomic mass is 10.1. The van der Waals surface area contributed by atoms with Gasteiger partial charge in [0.15, 0.2) is 0 Å². The van der Waals surface area contributed by atoms with Gasteiger partial charge >= 0.3 is 0 Å². The zero-order chi connectivity index (χ0) is 14.3. The monoisotopic (exact) mass is 299 g/mol. The highest BCUT2D eigenvalue weighted by atomic mass is 35.5. The molecular weight excluding hydrogens is 278 g/mol. The van der Waals surface area contributed by atoms with Crippen LogP contribution in [0.3, 0.4) is 0 Å². The number of amides is 2. The lowest BCUT2D eigenvalue weighted by Gasteiger charge is -2.25. The Balaban J connectivity index is 0.00000361. The molecule has 0 spiro atoms. The van der Waals surface area contributed by atoms with E-state index in [4.69, 9.17) is 11.5 Å². The Labute approximate surface area is 125 Å².